The molecule has 0 saturated carbocycles. The molecule has 3 aromatic rings. The fraction of sp³-hybridized carbons (Fsp3) is 0. The fourth-order valence-corrected chi connectivity index (χ4v) is 2.79. The van der Waals surface area contributed by atoms with Crippen LogP contribution in [0.5, 0.6) is 0 Å². The van der Waals surface area contributed by atoms with Crippen molar-refractivity contribution in [3.63, 3.8) is 0 Å². The molecule has 0 N–H and O–H groups in total. The summed E-state index contributed by atoms with van der Waals surface area (Å²) in [4.78, 5) is 0. The van der Waals surface area contributed by atoms with Gasteiger partial charge in [-0.2, -0.15) is 0 Å². The molecule has 1 nitrogen and oxygen atoms in total. The zero-order valence-electron chi connectivity index (χ0n) is 12.0. The molecule has 0 aliphatic heterocycles. The summed E-state index contributed by atoms with van der Waals surface area (Å²) in [7, 11) is 0.0313. The lowest BCUT2D eigenvalue weighted by atomic mass is 10.0. The van der Waals surface area contributed by atoms with Gasteiger partial charge in [0.1, 0.15) is 0 Å². The Labute approximate surface area is 132 Å². The monoisotopic (exact) mass is 302 g/mol. The smallest absolute Gasteiger partial charge is 0.192 e. The van der Waals surface area contributed by atoms with Crippen molar-refractivity contribution in [1.82, 2.24) is 0 Å². The molecule has 0 heterocycles. The molecule has 22 heavy (non-hydrogen) atoms. The van der Waals surface area contributed by atoms with Crippen LogP contribution in [0, 0.1) is 0 Å². The average molecular weight is 302 g/mol. The molecule has 106 valence electrons. The molecule has 0 atom stereocenters. The lowest BCUT2D eigenvalue weighted by molar-refractivity contribution is 0.603. The zero-order valence-corrected chi connectivity index (χ0v) is 12.9. The highest BCUT2D eigenvalue weighted by Gasteiger charge is 2.02. The minimum atomic E-state index is 0.0313. The molecule has 0 aliphatic rings. The topological polar surface area (TPSA) is 17.1 Å². The van der Waals surface area contributed by atoms with Crippen LogP contribution in [0.3, 0.4) is 0 Å². The van der Waals surface area contributed by atoms with E-state index in [0.717, 1.165) is 16.4 Å². The van der Waals surface area contributed by atoms with Gasteiger partial charge in [-0.25, -0.2) is 0 Å². The summed E-state index contributed by atoms with van der Waals surface area (Å²) in [5.74, 6) is 0. The molecule has 0 spiro atoms. The fourth-order valence-electron chi connectivity index (χ4n) is 2.33. The third-order valence-corrected chi connectivity index (χ3v) is 4.07. The summed E-state index contributed by atoms with van der Waals surface area (Å²) in [6.07, 6.45) is 1.96. The van der Waals surface area contributed by atoms with Crippen LogP contribution in [0.4, 0.5) is 0 Å². The van der Waals surface area contributed by atoms with Crippen LogP contribution in [-0.2, 0) is 4.57 Å². The van der Waals surface area contributed by atoms with E-state index in [1.807, 2.05) is 54.6 Å². The number of rotatable bonds is 4. The minimum absolute atomic E-state index is 0.0313. The van der Waals surface area contributed by atoms with Gasteiger partial charge in [0.15, 0.2) is 8.46 Å². The van der Waals surface area contributed by atoms with Crippen LogP contribution in [0.2, 0.25) is 0 Å². The summed E-state index contributed by atoms with van der Waals surface area (Å²) in [6.45, 7) is 0. The lowest BCUT2D eigenvalue weighted by Gasteiger charge is -2.03. The van der Waals surface area contributed by atoms with Gasteiger partial charge in [0.2, 0.25) is 0 Å². The Kier molecular flexibility index (Phi) is 4.58. The maximum Gasteiger partial charge on any atom is 0.192 e. The second kappa shape index (κ2) is 6.98. The molecular formula is C20H15OP. The van der Waals surface area contributed by atoms with Crippen molar-refractivity contribution in [2.75, 3.05) is 0 Å². The van der Waals surface area contributed by atoms with Gasteiger partial charge in [0, 0.05) is 0 Å². The third-order valence-electron chi connectivity index (χ3n) is 3.49. The van der Waals surface area contributed by atoms with Crippen LogP contribution in [0.25, 0.3) is 22.5 Å². The first-order chi connectivity index (χ1) is 10.9. The highest BCUT2D eigenvalue weighted by Crippen LogP contribution is 2.28. The Morgan fingerprint density at radius 2 is 1.23 bits per heavy atom. The zero-order chi connectivity index (χ0) is 15.2. The second-order valence-electron chi connectivity index (χ2n) is 4.97. The van der Waals surface area contributed by atoms with E-state index in [9.17, 15) is 4.57 Å². The number of hydrogen-bond acceptors (Lipinski definition) is 1. The van der Waals surface area contributed by atoms with Crippen molar-refractivity contribution in [1.29, 1.82) is 0 Å². The molecule has 0 aliphatic carbocycles. The van der Waals surface area contributed by atoms with Gasteiger partial charge >= 0.3 is 0 Å². The van der Waals surface area contributed by atoms with E-state index in [1.54, 1.807) is 0 Å². The lowest BCUT2D eigenvalue weighted by Crippen LogP contribution is -1.80. The molecule has 0 aromatic heterocycles. The summed E-state index contributed by atoms with van der Waals surface area (Å²) < 4.78 is 11.4. The summed E-state index contributed by atoms with van der Waals surface area (Å²) in [5, 5.41) is 0.785. The average Bonchev–Trinajstić information content (AvgIpc) is 2.62. The summed E-state index contributed by atoms with van der Waals surface area (Å²) in [5.41, 5.74) is 4.40. The van der Waals surface area contributed by atoms with E-state index in [2.05, 4.69) is 36.4 Å². The molecule has 3 aromatic carbocycles. The minimum Gasteiger partial charge on any atom is -0.269 e. The van der Waals surface area contributed by atoms with Crippen LogP contribution in [-0.4, -0.2) is 0 Å². The van der Waals surface area contributed by atoms with Gasteiger partial charge in [0.25, 0.3) is 0 Å². The standard InChI is InChI=1S/C20H15OP/c21-22-20(19-9-5-2-6-10-19)15-16-11-13-18(14-12-16)17-7-3-1-4-8-17/h1-15H. The quantitative estimate of drug-likeness (QED) is 0.417. The number of benzene rings is 3. The molecule has 3 rings (SSSR count). The van der Waals surface area contributed by atoms with E-state index in [0.29, 0.717) is 0 Å². The van der Waals surface area contributed by atoms with Crippen molar-refractivity contribution in [3.05, 3.63) is 96.1 Å². The van der Waals surface area contributed by atoms with Crippen LogP contribution in [0.1, 0.15) is 11.1 Å². The van der Waals surface area contributed by atoms with Gasteiger partial charge in [0.05, 0.1) is 5.31 Å². The van der Waals surface area contributed by atoms with Crippen LogP contribution in [0.15, 0.2) is 84.9 Å². The molecule has 0 bridgehead atoms. The SMILES string of the molecule is O=PC(=Cc1ccc(-c2ccccc2)cc1)c1ccccc1. The molecule has 2 heteroatoms. The van der Waals surface area contributed by atoms with Crippen molar-refractivity contribution in [2.24, 2.45) is 0 Å². The van der Waals surface area contributed by atoms with Gasteiger partial charge in [-0.05, 0) is 28.3 Å². The first-order valence-electron chi connectivity index (χ1n) is 7.13. The van der Waals surface area contributed by atoms with E-state index in [4.69, 9.17) is 0 Å². The second-order valence-corrected chi connectivity index (χ2v) is 5.64. The molecule has 0 radical (unpaired) electrons. The predicted octanol–water partition coefficient (Wildman–Crippen LogP) is 6.14. The molecule has 0 unspecified atom stereocenters. The highest BCUT2D eigenvalue weighted by molar-refractivity contribution is 7.38. The van der Waals surface area contributed by atoms with Crippen molar-refractivity contribution in [3.8, 4) is 11.1 Å². The molecule has 0 amide bonds. The first kappa shape index (κ1) is 14.4. The predicted molar refractivity (Wildman–Crippen MR) is 93.8 cm³/mol. The van der Waals surface area contributed by atoms with Gasteiger partial charge < -0.3 is 0 Å². The maximum absolute atomic E-state index is 11.4. The molecule has 0 fully saturated rings. The van der Waals surface area contributed by atoms with Crippen molar-refractivity contribution >= 4 is 19.9 Å². The van der Waals surface area contributed by atoms with Crippen molar-refractivity contribution < 1.29 is 4.57 Å². The van der Waals surface area contributed by atoms with E-state index < -0.39 is 0 Å². The maximum atomic E-state index is 11.4. The Bertz CT molecular complexity index is 775. The first-order valence-corrected chi connectivity index (χ1v) is 7.94. The Hall–Kier alpha value is -2.50. The van der Waals surface area contributed by atoms with Crippen molar-refractivity contribution in [2.45, 2.75) is 0 Å². The number of hydrogen-bond donors (Lipinski definition) is 0. The Balaban J connectivity index is 1.90. The van der Waals surface area contributed by atoms with Crippen LogP contribution < -0.4 is 0 Å². The molecule has 0 saturated heterocycles. The van der Waals surface area contributed by atoms with Gasteiger partial charge in [-0.1, -0.05) is 84.9 Å². The third kappa shape index (κ3) is 3.39. The Morgan fingerprint density at radius 1 is 0.682 bits per heavy atom. The normalized spacial score (nSPS) is 11.5. The van der Waals surface area contributed by atoms with Gasteiger partial charge in [-0.3, -0.25) is 4.57 Å². The van der Waals surface area contributed by atoms with E-state index >= 15 is 0 Å². The summed E-state index contributed by atoms with van der Waals surface area (Å²) >= 11 is 0. The largest absolute Gasteiger partial charge is 0.269 e. The molecular weight excluding hydrogens is 287 g/mol. The Morgan fingerprint density at radius 3 is 1.82 bits per heavy atom. The van der Waals surface area contributed by atoms with E-state index in [-0.39, 0.29) is 8.46 Å². The summed E-state index contributed by atoms with van der Waals surface area (Å²) in [6, 6.07) is 28.3. The van der Waals surface area contributed by atoms with Crippen LogP contribution >= 0.6 is 8.46 Å². The van der Waals surface area contributed by atoms with Gasteiger partial charge in [-0.15, -0.1) is 0 Å². The van der Waals surface area contributed by atoms with E-state index in [1.165, 1.54) is 11.1 Å². The highest BCUT2D eigenvalue weighted by atomic mass is 31.1.